The summed E-state index contributed by atoms with van der Waals surface area (Å²) in [6, 6.07) is 11.8. The van der Waals surface area contributed by atoms with Crippen LogP contribution in [0, 0.1) is 11.3 Å². The second-order valence-corrected chi connectivity index (χ2v) is 9.37. The average Bonchev–Trinajstić information content (AvgIpc) is 3.39. The molecule has 2 aliphatic rings. The number of anilines is 2. The first-order chi connectivity index (χ1) is 18.3. The van der Waals surface area contributed by atoms with Gasteiger partial charge in [-0.25, -0.2) is 9.97 Å². The summed E-state index contributed by atoms with van der Waals surface area (Å²) in [6.45, 7) is 2.19. The average molecular weight is 529 g/mol. The number of nitrogens with one attached hydrogen (secondary N) is 1. The predicted molar refractivity (Wildman–Crippen MR) is 137 cm³/mol. The number of rotatable bonds is 5. The molecule has 0 bridgehead atoms. The maximum absolute atomic E-state index is 12.2. The molecule has 0 amide bonds. The van der Waals surface area contributed by atoms with Gasteiger partial charge in [-0.2, -0.15) is 5.26 Å². The number of piperidine rings is 1. The molecule has 0 unspecified atom stereocenters. The van der Waals surface area contributed by atoms with Crippen molar-refractivity contribution < 1.29 is 22.3 Å². The van der Waals surface area contributed by atoms with Crippen molar-refractivity contribution in [2.75, 3.05) is 23.3 Å². The van der Waals surface area contributed by atoms with Crippen molar-refractivity contribution in [2.24, 2.45) is 5.73 Å². The molecule has 0 spiro atoms. The zero-order valence-electron chi connectivity index (χ0n) is 21.0. The fourth-order valence-electron chi connectivity index (χ4n) is 4.55. The van der Waals surface area contributed by atoms with Gasteiger partial charge in [0.05, 0.1) is 11.8 Å². The molecule has 202 valence electrons. The molecule has 8 nitrogen and oxygen atoms in total. The lowest BCUT2D eigenvalue weighted by Gasteiger charge is -2.28. The van der Waals surface area contributed by atoms with Gasteiger partial charge < -0.3 is 25.1 Å². The number of ether oxygens (including phenoxy) is 1. The van der Waals surface area contributed by atoms with Crippen LogP contribution in [0.5, 0.6) is 5.75 Å². The molecule has 1 saturated carbocycles. The quantitative estimate of drug-likeness (QED) is 0.423. The number of hydrogen-bond acceptors (Lipinski definition) is 8. The molecule has 2 aromatic heterocycles. The summed E-state index contributed by atoms with van der Waals surface area (Å²) in [7, 11) is 0. The third-order valence-corrected chi connectivity index (χ3v) is 6.56. The fourth-order valence-corrected chi connectivity index (χ4v) is 4.55. The van der Waals surface area contributed by atoms with E-state index in [2.05, 4.69) is 31.0 Å². The highest BCUT2D eigenvalue weighted by atomic mass is 19.4. The number of nitriles is 1. The van der Waals surface area contributed by atoms with Crippen LogP contribution in [0.2, 0.25) is 0 Å². The van der Waals surface area contributed by atoms with Crippen molar-refractivity contribution in [3.63, 3.8) is 0 Å². The zero-order chi connectivity index (χ0) is 27.0. The van der Waals surface area contributed by atoms with Gasteiger partial charge in [0.2, 0.25) is 0 Å². The molecule has 1 saturated heterocycles. The number of alkyl halides is 3. The van der Waals surface area contributed by atoms with Crippen molar-refractivity contribution in [2.45, 2.75) is 63.4 Å². The summed E-state index contributed by atoms with van der Waals surface area (Å²) in [5.74, 6) is 1.18. The molecule has 5 rings (SSSR count). The highest BCUT2D eigenvalue weighted by molar-refractivity contribution is 5.58. The van der Waals surface area contributed by atoms with E-state index in [1.807, 2.05) is 12.1 Å². The minimum absolute atomic E-state index is 0.0629. The molecule has 1 aliphatic carbocycles. The van der Waals surface area contributed by atoms with Crippen LogP contribution >= 0.6 is 0 Å². The minimum Gasteiger partial charge on any atom is -0.424 e. The van der Waals surface area contributed by atoms with Gasteiger partial charge in [0, 0.05) is 36.9 Å². The molecule has 1 aliphatic heterocycles. The monoisotopic (exact) mass is 528 g/mol. The topological polar surface area (TPSA) is 113 Å². The molecule has 1 aromatic carbocycles. The van der Waals surface area contributed by atoms with Crippen molar-refractivity contribution in [1.82, 2.24) is 9.97 Å². The molecule has 3 heterocycles. The lowest BCUT2D eigenvalue weighted by atomic mass is 9.91. The number of pyridine rings is 1. The minimum atomic E-state index is -4.70. The van der Waals surface area contributed by atoms with Gasteiger partial charge in [-0.3, -0.25) is 0 Å². The lowest BCUT2D eigenvalue weighted by molar-refractivity contribution is -0.274. The first-order valence-electron chi connectivity index (χ1n) is 12.8. The third-order valence-electron chi connectivity index (χ3n) is 6.56. The maximum atomic E-state index is 12.2. The molecule has 0 radical (unpaired) electrons. The van der Waals surface area contributed by atoms with Crippen molar-refractivity contribution in [3.05, 3.63) is 54.4 Å². The van der Waals surface area contributed by atoms with Crippen LogP contribution in [-0.2, 0) is 0 Å². The summed E-state index contributed by atoms with van der Waals surface area (Å²) < 4.78 is 45.9. The fraction of sp³-hybridized carbons (Fsp3) is 0.444. The Balaban J connectivity index is 0.000000204. The Bertz CT molecular complexity index is 1190. The first-order valence-corrected chi connectivity index (χ1v) is 12.8. The summed E-state index contributed by atoms with van der Waals surface area (Å²) in [4.78, 5) is 10.7. The van der Waals surface area contributed by atoms with E-state index in [0.717, 1.165) is 44.6 Å². The molecule has 38 heavy (non-hydrogen) atoms. The Hall–Kier alpha value is -3.78. The van der Waals surface area contributed by atoms with Crippen LogP contribution in [0.25, 0.3) is 11.3 Å². The van der Waals surface area contributed by atoms with Crippen LogP contribution in [0.15, 0.2) is 53.2 Å². The van der Waals surface area contributed by atoms with E-state index in [4.69, 9.17) is 15.4 Å². The Morgan fingerprint density at radius 2 is 1.71 bits per heavy atom. The Kier molecular flexibility index (Phi) is 9.07. The van der Waals surface area contributed by atoms with Crippen LogP contribution in [-0.4, -0.2) is 41.5 Å². The van der Waals surface area contributed by atoms with Crippen molar-refractivity contribution in [3.8, 4) is 23.1 Å². The zero-order valence-corrected chi connectivity index (χ0v) is 21.0. The molecular weight excluding hydrogens is 497 g/mol. The lowest BCUT2D eigenvalue weighted by Crippen LogP contribution is -2.42. The van der Waals surface area contributed by atoms with Crippen molar-refractivity contribution in [1.29, 1.82) is 5.26 Å². The molecule has 3 N–H and O–H groups in total. The number of halogens is 3. The highest BCUT2D eigenvalue weighted by Crippen LogP contribution is 2.29. The van der Waals surface area contributed by atoms with E-state index in [0.29, 0.717) is 22.9 Å². The van der Waals surface area contributed by atoms with Crippen LogP contribution in [0.4, 0.5) is 25.0 Å². The van der Waals surface area contributed by atoms with Gasteiger partial charge in [-0.15, -0.1) is 13.2 Å². The maximum Gasteiger partial charge on any atom is 0.573 e. The second-order valence-electron chi connectivity index (χ2n) is 9.37. The van der Waals surface area contributed by atoms with E-state index in [9.17, 15) is 13.2 Å². The van der Waals surface area contributed by atoms with E-state index >= 15 is 0 Å². The van der Waals surface area contributed by atoms with Gasteiger partial charge in [-0.05, 0) is 68.5 Å². The highest BCUT2D eigenvalue weighted by Gasteiger charge is 2.31. The summed E-state index contributed by atoms with van der Waals surface area (Å²) in [5, 5.41) is 11.8. The Labute approximate surface area is 219 Å². The van der Waals surface area contributed by atoms with E-state index in [1.165, 1.54) is 49.7 Å². The number of oxazole rings is 1. The Morgan fingerprint density at radius 1 is 0.974 bits per heavy atom. The summed E-state index contributed by atoms with van der Waals surface area (Å²) in [6.07, 6.45) is 6.45. The van der Waals surface area contributed by atoms with Crippen molar-refractivity contribution >= 4 is 11.8 Å². The predicted octanol–water partition coefficient (Wildman–Crippen LogP) is 5.87. The normalized spacial score (nSPS) is 19.6. The number of aromatic nitrogens is 2. The van der Waals surface area contributed by atoms with Gasteiger partial charge in [0.15, 0.2) is 5.76 Å². The SMILES string of the molecule is N#Cc1ccc(N2CCCCC2)nc1.N[C@@H]1CCCC[C@H]1Nc1ncc(-c2ccc(OC(F)(F)F)cc2)o1. The van der Waals surface area contributed by atoms with Gasteiger partial charge in [0.25, 0.3) is 6.01 Å². The van der Waals surface area contributed by atoms with E-state index in [1.54, 1.807) is 6.20 Å². The van der Waals surface area contributed by atoms with Crippen LogP contribution < -0.4 is 20.7 Å². The summed E-state index contributed by atoms with van der Waals surface area (Å²) >= 11 is 0. The third kappa shape index (κ3) is 7.86. The van der Waals surface area contributed by atoms with Gasteiger partial charge in [0.1, 0.15) is 17.6 Å². The number of nitrogens with two attached hydrogens (primary N) is 1. The number of nitrogens with zero attached hydrogens (tertiary/aromatic N) is 4. The molecule has 2 atom stereocenters. The second kappa shape index (κ2) is 12.6. The smallest absolute Gasteiger partial charge is 0.424 e. The van der Waals surface area contributed by atoms with Gasteiger partial charge >= 0.3 is 6.36 Å². The molecule has 11 heteroatoms. The van der Waals surface area contributed by atoms with E-state index < -0.39 is 6.36 Å². The standard InChI is InChI=1S/C16H18F3N3O2.C11H13N3/c17-16(18,19)24-11-7-5-10(6-8-11)14-9-21-15(23-14)22-13-4-2-1-3-12(13)20;12-8-10-4-5-11(13-9-10)14-6-2-1-3-7-14/h5-9,12-13H,1-4,20H2,(H,21,22);4-5,9H,1-3,6-7H2/t12-,13-;/m1./s1. The van der Waals surface area contributed by atoms with Gasteiger partial charge in [-0.1, -0.05) is 12.8 Å². The number of hydrogen-bond donors (Lipinski definition) is 2. The molecule has 2 fully saturated rings. The largest absolute Gasteiger partial charge is 0.573 e. The molecular formula is C27H31F3N6O2. The number of benzene rings is 1. The van der Waals surface area contributed by atoms with Crippen LogP contribution in [0.1, 0.15) is 50.5 Å². The Morgan fingerprint density at radius 3 is 2.34 bits per heavy atom. The molecule has 3 aromatic rings. The van der Waals surface area contributed by atoms with Crippen LogP contribution in [0.3, 0.4) is 0 Å². The van der Waals surface area contributed by atoms with E-state index in [-0.39, 0.29) is 17.8 Å². The summed E-state index contributed by atoms with van der Waals surface area (Å²) in [5.41, 5.74) is 7.31. The first kappa shape index (κ1) is 27.3.